The van der Waals surface area contributed by atoms with Gasteiger partial charge in [0.1, 0.15) is 12.1 Å². The van der Waals surface area contributed by atoms with Crippen LogP contribution in [0.5, 0.6) is 0 Å². The number of rotatable bonds is 7. The lowest BCUT2D eigenvalue weighted by atomic mass is 10.1. The second-order valence-electron chi connectivity index (χ2n) is 4.75. The average Bonchev–Trinajstić information content (AvgIpc) is 2.98. The van der Waals surface area contributed by atoms with Crippen LogP contribution in [0.2, 0.25) is 0 Å². The van der Waals surface area contributed by atoms with Crippen molar-refractivity contribution in [2.24, 2.45) is 11.5 Å². The SMILES string of the molecule is CCOC(=O)N1CSCC1C(=O)O.NCCCCC(N)C(=O)O. The molecule has 1 saturated heterocycles. The van der Waals surface area contributed by atoms with Gasteiger partial charge < -0.3 is 26.4 Å². The molecule has 1 fully saturated rings. The molecule has 0 aromatic heterocycles. The number of nitrogens with zero attached hydrogens (tertiary/aromatic N) is 1. The summed E-state index contributed by atoms with van der Waals surface area (Å²) in [6, 6.07) is -1.45. The van der Waals surface area contributed by atoms with Gasteiger partial charge in [0.25, 0.3) is 0 Å². The molecule has 2 atom stereocenters. The van der Waals surface area contributed by atoms with Gasteiger partial charge in [0, 0.05) is 5.75 Å². The number of carbonyl (C=O) groups excluding carboxylic acids is 1. The zero-order valence-electron chi connectivity index (χ0n) is 13.1. The third kappa shape index (κ3) is 8.62. The van der Waals surface area contributed by atoms with Gasteiger partial charge in [-0.1, -0.05) is 6.42 Å². The maximum atomic E-state index is 11.2. The molecule has 2 unspecified atom stereocenters. The number of nitrogens with two attached hydrogens (primary N) is 2. The summed E-state index contributed by atoms with van der Waals surface area (Å²) in [5.41, 5.74) is 10.4. The van der Waals surface area contributed by atoms with Gasteiger partial charge in [0.05, 0.1) is 12.5 Å². The maximum absolute atomic E-state index is 11.2. The summed E-state index contributed by atoms with van der Waals surface area (Å²) in [5, 5.41) is 17.1. The van der Waals surface area contributed by atoms with Crippen molar-refractivity contribution >= 4 is 29.8 Å². The van der Waals surface area contributed by atoms with Gasteiger partial charge in [0.2, 0.25) is 0 Å². The van der Waals surface area contributed by atoms with Crippen molar-refractivity contribution in [3.05, 3.63) is 0 Å². The number of unbranched alkanes of at least 4 members (excludes halogenated alkanes) is 1. The lowest BCUT2D eigenvalue weighted by Crippen LogP contribution is -2.42. The molecule has 0 aliphatic carbocycles. The zero-order valence-corrected chi connectivity index (χ0v) is 14.0. The van der Waals surface area contributed by atoms with Crippen molar-refractivity contribution in [3.8, 4) is 0 Å². The predicted molar refractivity (Wildman–Crippen MR) is 86.1 cm³/mol. The third-order valence-corrected chi connectivity index (χ3v) is 3.97. The molecule has 9 nitrogen and oxygen atoms in total. The molecule has 1 aliphatic heterocycles. The fourth-order valence-electron chi connectivity index (χ4n) is 1.67. The molecule has 1 heterocycles. The fraction of sp³-hybridized carbons (Fsp3) is 0.769. The molecular weight excluding hydrogens is 326 g/mol. The number of carboxylic acids is 2. The first-order valence-electron chi connectivity index (χ1n) is 7.27. The lowest BCUT2D eigenvalue weighted by Gasteiger charge is -2.18. The second kappa shape index (κ2) is 12.0. The Morgan fingerprint density at radius 1 is 1.35 bits per heavy atom. The first-order chi connectivity index (χ1) is 10.8. The number of carbonyl (C=O) groups is 3. The third-order valence-electron chi connectivity index (χ3n) is 2.96. The zero-order chi connectivity index (χ0) is 17.8. The van der Waals surface area contributed by atoms with Crippen molar-refractivity contribution in [2.75, 3.05) is 24.8 Å². The topological polar surface area (TPSA) is 156 Å². The summed E-state index contributed by atoms with van der Waals surface area (Å²) in [6.07, 6.45) is 1.62. The predicted octanol–water partition coefficient (Wildman–Crippen LogP) is 0.130. The van der Waals surface area contributed by atoms with E-state index in [1.807, 2.05) is 0 Å². The van der Waals surface area contributed by atoms with E-state index in [0.717, 1.165) is 12.8 Å². The highest BCUT2D eigenvalue weighted by atomic mass is 32.2. The van der Waals surface area contributed by atoms with Crippen LogP contribution in [0.25, 0.3) is 0 Å². The van der Waals surface area contributed by atoms with Crippen molar-refractivity contribution in [3.63, 3.8) is 0 Å². The number of aliphatic carboxylic acids is 2. The highest BCUT2D eigenvalue weighted by Crippen LogP contribution is 2.21. The Morgan fingerprint density at radius 3 is 2.48 bits per heavy atom. The van der Waals surface area contributed by atoms with Crippen LogP contribution >= 0.6 is 11.8 Å². The number of thioether (sulfide) groups is 1. The van der Waals surface area contributed by atoms with Gasteiger partial charge in [-0.05, 0) is 26.3 Å². The average molecular weight is 351 g/mol. The van der Waals surface area contributed by atoms with E-state index >= 15 is 0 Å². The molecular formula is C13H25N3O6S. The van der Waals surface area contributed by atoms with Gasteiger partial charge in [-0.3, -0.25) is 9.69 Å². The number of ether oxygens (including phenoxy) is 1. The fourth-order valence-corrected chi connectivity index (χ4v) is 2.80. The minimum absolute atomic E-state index is 0.270. The van der Waals surface area contributed by atoms with Crippen LogP contribution in [-0.2, 0) is 14.3 Å². The summed E-state index contributed by atoms with van der Waals surface area (Å²) < 4.78 is 4.72. The summed E-state index contributed by atoms with van der Waals surface area (Å²) in [7, 11) is 0. The van der Waals surface area contributed by atoms with Crippen LogP contribution < -0.4 is 11.5 Å². The first-order valence-corrected chi connectivity index (χ1v) is 8.43. The van der Waals surface area contributed by atoms with Crippen molar-refractivity contribution in [2.45, 2.75) is 38.3 Å². The van der Waals surface area contributed by atoms with E-state index in [9.17, 15) is 14.4 Å². The molecule has 0 aromatic carbocycles. The van der Waals surface area contributed by atoms with Gasteiger partial charge in [0.15, 0.2) is 0 Å². The van der Waals surface area contributed by atoms with E-state index in [0.29, 0.717) is 24.6 Å². The van der Waals surface area contributed by atoms with Gasteiger partial charge >= 0.3 is 18.0 Å². The second-order valence-corrected chi connectivity index (χ2v) is 5.75. The molecule has 6 N–H and O–H groups in total. The van der Waals surface area contributed by atoms with Crippen LogP contribution in [0.4, 0.5) is 4.79 Å². The highest BCUT2D eigenvalue weighted by Gasteiger charge is 2.35. The summed E-state index contributed by atoms with van der Waals surface area (Å²) in [4.78, 5) is 33.2. The van der Waals surface area contributed by atoms with Gasteiger partial charge in [-0.2, -0.15) is 0 Å². The Hall–Kier alpha value is -1.52. The minimum atomic E-state index is -0.974. The van der Waals surface area contributed by atoms with Gasteiger partial charge in [-0.15, -0.1) is 11.8 Å². The van der Waals surface area contributed by atoms with Crippen LogP contribution in [0.15, 0.2) is 0 Å². The number of hydrogen-bond donors (Lipinski definition) is 4. The van der Waals surface area contributed by atoms with E-state index in [-0.39, 0.29) is 6.61 Å². The monoisotopic (exact) mass is 351 g/mol. The lowest BCUT2D eigenvalue weighted by molar-refractivity contribution is -0.141. The van der Waals surface area contributed by atoms with E-state index < -0.39 is 30.1 Å². The molecule has 1 amide bonds. The molecule has 10 heteroatoms. The minimum Gasteiger partial charge on any atom is -0.480 e. The summed E-state index contributed by atoms with van der Waals surface area (Å²) in [5.74, 6) is -1.07. The van der Waals surface area contributed by atoms with Crippen molar-refractivity contribution in [1.82, 2.24) is 4.90 Å². The van der Waals surface area contributed by atoms with E-state index in [1.165, 1.54) is 16.7 Å². The number of hydrogen-bond acceptors (Lipinski definition) is 7. The van der Waals surface area contributed by atoms with Crippen LogP contribution in [0.1, 0.15) is 26.2 Å². The van der Waals surface area contributed by atoms with Crippen molar-refractivity contribution in [1.29, 1.82) is 0 Å². The molecule has 0 spiro atoms. The Morgan fingerprint density at radius 2 is 2.00 bits per heavy atom. The molecule has 0 aromatic rings. The van der Waals surface area contributed by atoms with E-state index in [2.05, 4.69) is 0 Å². The molecule has 134 valence electrons. The van der Waals surface area contributed by atoms with Crippen molar-refractivity contribution < 1.29 is 29.3 Å². The highest BCUT2D eigenvalue weighted by molar-refractivity contribution is 7.99. The number of carboxylic acid groups (broad SMARTS) is 2. The van der Waals surface area contributed by atoms with Crippen LogP contribution in [-0.4, -0.2) is 70.0 Å². The first kappa shape index (κ1) is 21.5. The quantitative estimate of drug-likeness (QED) is 0.468. The van der Waals surface area contributed by atoms with E-state index in [1.54, 1.807) is 6.92 Å². The van der Waals surface area contributed by atoms with E-state index in [4.69, 9.17) is 26.4 Å². The largest absolute Gasteiger partial charge is 0.480 e. The Kier molecular flexibility index (Phi) is 11.2. The Balaban J connectivity index is 0.000000438. The number of amides is 1. The molecule has 1 rings (SSSR count). The van der Waals surface area contributed by atoms with Gasteiger partial charge in [-0.25, -0.2) is 9.59 Å². The molecule has 1 aliphatic rings. The maximum Gasteiger partial charge on any atom is 0.411 e. The van der Waals surface area contributed by atoms with Crippen LogP contribution in [0.3, 0.4) is 0 Å². The molecule has 0 radical (unpaired) electrons. The normalized spacial score (nSPS) is 17.9. The summed E-state index contributed by atoms with van der Waals surface area (Å²) >= 11 is 1.42. The molecule has 0 saturated carbocycles. The molecule has 0 bridgehead atoms. The molecule has 23 heavy (non-hydrogen) atoms. The summed E-state index contributed by atoms with van der Waals surface area (Å²) in [6.45, 7) is 2.57. The Labute approximate surface area is 139 Å². The standard InChI is InChI=1S/C7H11NO4S.C6H14N2O2/c1-2-12-7(11)8-4-13-3-5(8)6(9)10;7-4-2-1-3-5(8)6(9)10/h5H,2-4H2,1H3,(H,9,10);5H,1-4,7-8H2,(H,9,10). The smallest absolute Gasteiger partial charge is 0.411 e. The van der Waals surface area contributed by atoms with Crippen LogP contribution in [0, 0.1) is 0 Å². The Bertz CT molecular complexity index is 396.